The SMILES string of the molecule is CN(C(=O)c1csc(CCN)n1)c1ccccc1C(=O)O. The van der Waals surface area contributed by atoms with Gasteiger partial charge in [0.05, 0.1) is 16.3 Å². The molecular formula is C14H15N3O3S. The number of rotatable bonds is 5. The maximum atomic E-state index is 12.4. The van der Waals surface area contributed by atoms with Crippen molar-refractivity contribution in [3.8, 4) is 0 Å². The lowest BCUT2D eigenvalue weighted by Gasteiger charge is -2.18. The third kappa shape index (κ3) is 3.26. The zero-order valence-corrected chi connectivity index (χ0v) is 12.3. The van der Waals surface area contributed by atoms with Crippen LogP contribution in [0, 0.1) is 0 Å². The lowest BCUT2D eigenvalue weighted by Crippen LogP contribution is -2.28. The molecule has 1 heterocycles. The molecule has 1 amide bonds. The largest absolute Gasteiger partial charge is 0.478 e. The van der Waals surface area contributed by atoms with E-state index in [0.717, 1.165) is 5.01 Å². The van der Waals surface area contributed by atoms with Gasteiger partial charge in [-0.15, -0.1) is 11.3 Å². The van der Waals surface area contributed by atoms with Gasteiger partial charge in [0, 0.05) is 18.8 Å². The minimum atomic E-state index is -1.08. The Kier molecular flexibility index (Phi) is 4.66. The molecule has 0 spiro atoms. The smallest absolute Gasteiger partial charge is 0.337 e. The minimum absolute atomic E-state index is 0.0748. The first-order chi connectivity index (χ1) is 10.0. The highest BCUT2D eigenvalue weighted by molar-refractivity contribution is 7.09. The van der Waals surface area contributed by atoms with Crippen molar-refractivity contribution in [2.75, 3.05) is 18.5 Å². The molecular weight excluding hydrogens is 290 g/mol. The Labute approximate surface area is 125 Å². The fourth-order valence-electron chi connectivity index (χ4n) is 1.88. The molecule has 0 aliphatic rings. The number of hydrogen-bond donors (Lipinski definition) is 2. The molecule has 0 radical (unpaired) electrons. The van der Waals surface area contributed by atoms with Crippen LogP contribution >= 0.6 is 11.3 Å². The lowest BCUT2D eigenvalue weighted by molar-refractivity contribution is 0.0697. The molecule has 0 bridgehead atoms. The van der Waals surface area contributed by atoms with Gasteiger partial charge in [0.25, 0.3) is 5.91 Å². The normalized spacial score (nSPS) is 10.4. The van der Waals surface area contributed by atoms with E-state index in [2.05, 4.69) is 4.98 Å². The number of hydrogen-bond acceptors (Lipinski definition) is 5. The van der Waals surface area contributed by atoms with Gasteiger partial charge < -0.3 is 15.7 Å². The molecule has 0 fully saturated rings. The Bertz CT molecular complexity index is 669. The monoisotopic (exact) mass is 305 g/mol. The van der Waals surface area contributed by atoms with Gasteiger partial charge in [0.1, 0.15) is 5.69 Å². The number of carbonyl (C=O) groups excluding carboxylic acids is 1. The molecule has 0 aliphatic carbocycles. The van der Waals surface area contributed by atoms with Crippen molar-refractivity contribution in [1.82, 2.24) is 4.98 Å². The summed E-state index contributed by atoms with van der Waals surface area (Å²) in [7, 11) is 1.53. The third-order valence-electron chi connectivity index (χ3n) is 2.93. The molecule has 2 aromatic rings. The Hall–Kier alpha value is -2.25. The standard InChI is InChI=1S/C14H15N3O3S/c1-17(11-5-3-2-4-9(11)14(19)20)13(18)10-8-21-12(16-10)6-7-15/h2-5,8H,6-7,15H2,1H3,(H,19,20). The maximum Gasteiger partial charge on any atom is 0.337 e. The molecule has 110 valence electrons. The van der Waals surface area contributed by atoms with Crippen molar-refractivity contribution < 1.29 is 14.7 Å². The quantitative estimate of drug-likeness (QED) is 0.875. The zero-order chi connectivity index (χ0) is 15.4. The van der Waals surface area contributed by atoms with Crippen LogP contribution in [0.25, 0.3) is 0 Å². The third-order valence-corrected chi connectivity index (χ3v) is 3.84. The van der Waals surface area contributed by atoms with E-state index in [9.17, 15) is 14.7 Å². The summed E-state index contributed by atoms with van der Waals surface area (Å²) in [5.74, 6) is -1.42. The van der Waals surface area contributed by atoms with Gasteiger partial charge in [0.2, 0.25) is 0 Å². The molecule has 0 aliphatic heterocycles. The van der Waals surface area contributed by atoms with Crippen molar-refractivity contribution in [1.29, 1.82) is 0 Å². The number of aromatic nitrogens is 1. The van der Waals surface area contributed by atoms with Gasteiger partial charge in [0.15, 0.2) is 0 Å². The van der Waals surface area contributed by atoms with Crippen molar-refractivity contribution in [2.24, 2.45) is 5.73 Å². The number of para-hydroxylation sites is 1. The first kappa shape index (κ1) is 15.1. The van der Waals surface area contributed by atoms with Crippen LogP contribution in [0.3, 0.4) is 0 Å². The maximum absolute atomic E-state index is 12.4. The van der Waals surface area contributed by atoms with Gasteiger partial charge in [-0.25, -0.2) is 9.78 Å². The minimum Gasteiger partial charge on any atom is -0.478 e. The summed E-state index contributed by atoms with van der Waals surface area (Å²) < 4.78 is 0. The average Bonchev–Trinajstić information content (AvgIpc) is 2.94. The van der Waals surface area contributed by atoms with Crippen molar-refractivity contribution in [3.05, 3.63) is 45.9 Å². The first-order valence-corrected chi connectivity index (χ1v) is 7.17. The summed E-state index contributed by atoms with van der Waals surface area (Å²) in [6.07, 6.45) is 0.618. The van der Waals surface area contributed by atoms with Crippen LogP contribution in [-0.4, -0.2) is 35.6 Å². The molecule has 1 aromatic heterocycles. The highest BCUT2D eigenvalue weighted by Crippen LogP contribution is 2.21. The number of amides is 1. The summed E-state index contributed by atoms with van der Waals surface area (Å²) in [6.45, 7) is 0.471. The van der Waals surface area contributed by atoms with Crippen LogP contribution in [0.5, 0.6) is 0 Å². The zero-order valence-electron chi connectivity index (χ0n) is 11.4. The van der Waals surface area contributed by atoms with Crippen LogP contribution in [0.15, 0.2) is 29.6 Å². The van der Waals surface area contributed by atoms with Crippen LogP contribution in [0.1, 0.15) is 25.9 Å². The number of nitrogens with zero attached hydrogens (tertiary/aromatic N) is 2. The lowest BCUT2D eigenvalue weighted by atomic mass is 10.1. The molecule has 3 N–H and O–H groups in total. The Balaban J connectivity index is 2.28. The molecule has 1 aromatic carbocycles. The predicted octanol–water partition coefficient (Wildman–Crippen LogP) is 1.62. The van der Waals surface area contributed by atoms with E-state index in [1.807, 2.05) is 0 Å². The molecule has 7 heteroatoms. The second-order valence-electron chi connectivity index (χ2n) is 4.35. The van der Waals surface area contributed by atoms with Gasteiger partial charge in [-0.2, -0.15) is 0 Å². The van der Waals surface area contributed by atoms with E-state index < -0.39 is 5.97 Å². The number of carboxylic acid groups (broad SMARTS) is 1. The highest BCUT2D eigenvalue weighted by Gasteiger charge is 2.21. The van der Waals surface area contributed by atoms with E-state index in [1.165, 1.54) is 29.4 Å². The molecule has 21 heavy (non-hydrogen) atoms. The van der Waals surface area contributed by atoms with E-state index in [0.29, 0.717) is 24.3 Å². The predicted molar refractivity (Wildman–Crippen MR) is 81.0 cm³/mol. The van der Waals surface area contributed by atoms with E-state index in [-0.39, 0.29) is 11.5 Å². The average molecular weight is 305 g/mol. The van der Waals surface area contributed by atoms with E-state index >= 15 is 0 Å². The van der Waals surface area contributed by atoms with Gasteiger partial charge in [-0.05, 0) is 18.7 Å². The second-order valence-corrected chi connectivity index (χ2v) is 5.29. The Morgan fingerprint density at radius 2 is 2.10 bits per heavy atom. The topological polar surface area (TPSA) is 96.5 Å². The highest BCUT2D eigenvalue weighted by atomic mass is 32.1. The summed E-state index contributed by atoms with van der Waals surface area (Å²) in [5.41, 5.74) is 6.16. The molecule has 2 rings (SSSR count). The fourth-order valence-corrected chi connectivity index (χ4v) is 2.66. The van der Waals surface area contributed by atoms with E-state index in [1.54, 1.807) is 23.6 Å². The van der Waals surface area contributed by atoms with Gasteiger partial charge in [-0.3, -0.25) is 4.79 Å². The number of benzene rings is 1. The van der Waals surface area contributed by atoms with Crippen molar-refractivity contribution in [3.63, 3.8) is 0 Å². The number of thiazole rings is 1. The van der Waals surface area contributed by atoms with Crippen LogP contribution in [-0.2, 0) is 6.42 Å². The first-order valence-electron chi connectivity index (χ1n) is 6.29. The molecule has 0 unspecified atom stereocenters. The number of aromatic carboxylic acids is 1. The van der Waals surface area contributed by atoms with Crippen molar-refractivity contribution >= 4 is 28.9 Å². The van der Waals surface area contributed by atoms with Crippen LogP contribution in [0.2, 0.25) is 0 Å². The van der Waals surface area contributed by atoms with Crippen LogP contribution in [0.4, 0.5) is 5.69 Å². The van der Waals surface area contributed by atoms with E-state index in [4.69, 9.17) is 5.73 Å². The summed E-state index contributed by atoms with van der Waals surface area (Å²) in [5, 5.41) is 11.6. The second kappa shape index (κ2) is 6.47. The van der Waals surface area contributed by atoms with Crippen LogP contribution < -0.4 is 10.6 Å². The number of carboxylic acids is 1. The Morgan fingerprint density at radius 3 is 2.76 bits per heavy atom. The summed E-state index contributed by atoms with van der Waals surface area (Å²) >= 11 is 1.37. The molecule has 0 saturated heterocycles. The molecule has 6 nitrogen and oxygen atoms in total. The van der Waals surface area contributed by atoms with Crippen molar-refractivity contribution in [2.45, 2.75) is 6.42 Å². The van der Waals surface area contributed by atoms with Gasteiger partial charge >= 0.3 is 5.97 Å². The fraction of sp³-hybridized carbons (Fsp3) is 0.214. The molecule has 0 atom stereocenters. The molecule has 0 saturated carbocycles. The summed E-state index contributed by atoms with van der Waals surface area (Å²) in [6, 6.07) is 6.36. The Morgan fingerprint density at radius 1 is 1.38 bits per heavy atom. The number of carbonyl (C=O) groups is 2. The van der Waals surface area contributed by atoms with Gasteiger partial charge in [-0.1, -0.05) is 12.1 Å². The number of anilines is 1. The summed E-state index contributed by atoms with van der Waals surface area (Å²) in [4.78, 5) is 29.1. The number of nitrogens with two attached hydrogens (primary N) is 1.